The Kier molecular flexibility index (Phi) is 6.84. The summed E-state index contributed by atoms with van der Waals surface area (Å²) >= 11 is 9.41. The van der Waals surface area contributed by atoms with Gasteiger partial charge in [-0.2, -0.15) is 0 Å². The molecule has 1 heterocycles. The molecule has 0 aliphatic carbocycles. The Morgan fingerprint density at radius 1 is 1.14 bits per heavy atom. The summed E-state index contributed by atoms with van der Waals surface area (Å²) in [5.41, 5.74) is 3.24. The maximum absolute atomic E-state index is 12.5. The zero-order valence-corrected chi connectivity index (χ0v) is 18.3. The van der Waals surface area contributed by atoms with Crippen molar-refractivity contribution in [1.82, 2.24) is 9.71 Å². The summed E-state index contributed by atoms with van der Waals surface area (Å²) < 4.78 is 28.6. The lowest BCUT2D eigenvalue weighted by Gasteiger charge is -2.08. The molecule has 0 unspecified atom stereocenters. The fourth-order valence-electron chi connectivity index (χ4n) is 3.17. The van der Waals surface area contributed by atoms with Crippen LogP contribution in [0.3, 0.4) is 0 Å². The van der Waals surface area contributed by atoms with Gasteiger partial charge >= 0.3 is 0 Å². The first kappa shape index (κ1) is 20.9. The van der Waals surface area contributed by atoms with Crippen molar-refractivity contribution in [2.75, 3.05) is 6.54 Å². The van der Waals surface area contributed by atoms with E-state index in [0.717, 1.165) is 39.5 Å². The summed E-state index contributed by atoms with van der Waals surface area (Å²) in [6, 6.07) is 12.1. The second kappa shape index (κ2) is 9.15. The SMILES string of the molecule is C#CCCCc1[nH]c2c(Br)cccc2c1CCNS(=O)(=O)c1ccc(Cl)cc1. The van der Waals surface area contributed by atoms with Crippen LogP contribution in [-0.2, 0) is 22.9 Å². The minimum atomic E-state index is -3.58. The molecule has 0 saturated carbocycles. The van der Waals surface area contributed by atoms with E-state index in [4.69, 9.17) is 18.0 Å². The molecule has 3 rings (SSSR count). The largest absolute Gasteiger partial charge is 0.357 e. The Morgan fingerprint density at radius 2 is 1.89 bits per heavy atom. The monoisotopic (exact) mass is 478 g/mol. The number of para-hydroxylation sites is 1. The van der Waals surface area contributed by atoms with Gasteiger partial charge in [-0.05, 0) is 71.1 Å². The van der Waals surface area contributed by atoms with Gasteiger partial charge in [0.15, 0.2) is 0 Å². The van der Waals surface area contributed by atoms with Crippen molar-refractivity contribution >= 4 is 48.5 Å². The third kappa shape index (κ3) is 4.79. The summed E-state index contributed by atoms with van der Waals surface area (Å²) in [6.07, 6.45) is 8.36. The van der Waals surface area contributed by atoms with Crippen LogP contribution in [0.4, 0.5) is 0 Å². The van der Waals surface area contributed by atoms with Gasteiger partial charge in [0.25, 0.3) is 0 Å². The van der Waals surface area contributed by atoms with Gasteiger partial charge in [0.2, 0.25) is 10.0 Å². The highest BCUT2D eigenvalue weighted by atomic mass is 79.9. The number of hydrogen-bond acceptors (Lipinski definition) is 2. The van der Waals surface area contributed by atoms with E-state index < -0.39 is 10.0 Å². The Balaban J connectivity index is 1.79. The molecule has 0 saturated heterocycles. The highest BCUT2D eigenvalue weighted by Crippen LogP contribution is 2.29. The van der Waals surface area contributed by atoms with Crippen molar-refractivity contribution < 1.29 is 8.42 Å². The number of rotatable bonds is 8. The first-order valence-electron chi connectivity index (χ1n) is 8.89. The fourth-order valence-corrected chi connectivity index (χ4v) is 4.79. The van der Waals surface area contributed by atoms with Gasteiger partial charge in [0.1, 0.15) is 0 Å². The molecule has 0 radical (unpaired) electrons. The molecule has 146 valence electrons. The first-order chi connectivity index (χ1) is 13.4. The second-order valence-corrected chi connectivity index (χ2v) is 9.46. The number of unbranched alkanes of at least 4 members (excludes halogenated alkanes) is 1. The highest BCUT2D eigenvalue weighted by molar-refractivity contribution is 9.10. The first-order valence-corrected chi connectivity index (χ1v) is 11.5. The smallest absolute Gasteiger partial charge is 0.240 e. The lowest BCUT2D eigenvalue weighted by molar-refractivity contribution is 0.581. The number of hydrogen-bond donors (Lipinski definition) is 2. The molecule has 7 heteroatoms. The van der Waals surface area contributed by atoms with Crippen molar-refractivity contribution in [2.45, 2.75) is 30.6 Å². The fraction of sp³-hybridized carbons (Fsp3) is 0.238. The van der Waals surface area contributed by atoms with Gasteiger partial charge in [0.05, 0.1) is 10.4 Å². The van der Waals surface area contributed by atoms with E-state index in [1.165, 1.54) is 12.1 Å². The molecule has 1 aromatic heterocycles. The van der Waals surface area contributed by atoms with Gasteiger partial charge in [-0.1, -0.05) is 23.7 Å². The van der Waals surface area contributed by atoms with E-state index in [2.05, 4.69) is 31.6 Å². The third-order valence-corrected chi connectivity index (χ3v) is 6.91. The number of halogens is 2. The standard InChI is InChI=1S/C21H20BrClN2O2S/c1-2-3-4-8-20-17(18-6-5-7-19(22)21(18)25-20)13-14-24-28(26,27)16-11-9-15(23)10-12-16/h1,5-7,9-12,24-25H,3-4,8,13-14H2. The Bertz CT molecular complexity index is 1120. The van der Waals surface area contributed by atoms with Crippen LogP contribution in [0.25, 0.3) is 10.9 Å². The number of aromatic amines is 1. The summed E-state index contributed by atoms with van der Waals surface area (Å²) in [7, 11) is -3.58. The third-order valence-electron chi connectivity index (χ3n) is 4.52. The number of sulfonamides is 1. The van der Waals surface area contributed by atoms with E-state index >= 15 is 0 Å². The highest BCUT2D eigenvalue weighted by Gasteiger charge is 2.16. The molecule has 0 bridgehead atoms. The lowest BCUT2D eigenvalue weighted by atomic mass is 10.0. The topological polar surface area (TPSA) is 62.0 Å². The van der Waals surface area contributed by atoms with Gasteiger partial charge in [0, 0.05) is 33.5 Å². The van der Waals surface area contributed by atoms with Crippen molar-refractivity contribution in [1.29, 1.82) is 0 Å². The number of fused-ring (bicyclic) bond motifs is 1. The van der Waals surface area contributed by atoms with Gasteiger partial charge in [-0.25, -0.2) is 13.1 Å². The maximum Gasteiger partial charge on any atom is 0.240 e. The molecule has 0 aliphatic heterocycles. The minimum absolute atomic E-state index is 0.202. The van der Waals surface area contributed by atoms with Crippen molar-refractivity contribution in [2.24, 2.45) is 0 Å². The molecule has 0 amide bonds. The van der Waals surface area contributed by atoms with E-state index in [0.29, 0.717) is 24.4 Å². The van der Waals surface area contributed by atoms with E-state index in [9.17, 15) is 8.42 Å². The summed E-state index contributed by atoms with van der Waals surface area (Å²) in [4.78, 5) is 3.67. The molecular formula is C21H20BrClN2O2S. The zero-order chi connectivity index (χ0) is 20.1. The maximum atomic E-state index is 12.5. The zero-order valence-electron chi connectivity index (χ0n) is 15.1. The number of terminal acetylenes is 1. The minimum Gasteiger partial charge on any atom is -0.357 e. The number of aryl methyl sites for hydroxylation is 1. The molecule has 3 aromatic rings. The summed E-state index contributed by atoms with van der Waals surface area (Å²) in [5.74, 6) is 2.66. The van der Waals surface area contributed by atoms with Crippen LogP contribution in [0.1, 0.15) is 24.1 Å². The normalized spacial score (nSPS) is 11.6. The average Bonchev–Trinajstić information content (AvgIpc) is 3.01. The molecule has 0 atom stereocenters. The van der Waals surface area contributed by atoms with Crippen molar-refractivity contribution in [3.05, 3.63) is 63.2 Å². The van der Waals surface area contributed by atoms with Crippen LogP contribution in [0.5, 0.6) is 0 Å². The predicted octanol–water partition coefficient (Wildman–Crippen LogP) is 5.06. The van der Waals surface area contributed by atoms with Gasteiger partial charge in [-0.3, -0.25) is 0 Å². The number of benzene rings is 2. The molecule has 2 N–H and O–H groups in total. The summed E-state index contributed by atoms with van der Waals surface area (Å²) in [6.45, 7) is 0.298. The summed E-state index contributed by atoms with van der Waals surface area (Å²) in [5, 5.41) is 1.59. The average molecular weight is 480 g/mol. The molecular weight excluding hydrogens is 460 g/mol. The van der Waals surface area contributed by atoms with E-state index in [-0.39, 0.29) is 4.90 Å². The van der Waals surface area contributed by atoms with Crippen LogP contribution >= 0.6 is 27.5 Å². The Morgan fingerprint density at radius 3 is 2.61 bits per heavy atom. The number of nitrogens with one attached hydrogen (secondary N) is 2. The van der Waals surface area contributed by atoms with Gasteiger partial charge < -0.3 is 4.98 Å². The molecule has 0 aliphatic rings. The van der Waals surface area contributed by atoms with Crippen molar-refractivity contribution in [3.63, 3.8) is 0 Å². The van der Waals surface area contributed by atoms with Crippen LogP contribution in [0.15, 0.2) is 51.8 Å². The van der Waals surface area contributed by atoms with Crippen LogP contribution in [0.2, 0.25) is 5.02 Å². The van der Waals surface area contributed by atoms with Crippen LogP contribution in [-0.4, -0.2) is 19.9 Å². The van der Waals surface area contributed by atoms with E-state index in [1.54, 1.807) is 12.1 Å². The molecule has 0 spiro atoms. The number of aromatic nitrogens is 1. The van der Waals surface area contributed by atoms with Gasteiger partial charge in [-0.15, -0.1) is 12.3 Å². The molecule has 0 fully saturated rings. The lowest BCUT2D eigenvalue weighted by Crippen LogP contribution is -2.26. The van der Waals surface area contributed by atoms with Crippen molar-refractivity contribution in [3.8, 4) is 12.3 Å². The number of H-pyrrole nitrogens is 1. The molecule has 28 heavy (non-hydrogen) atoms. The quantitative estimate of drug-likeness (QED) is 0.350. The Hall–Kier alpha value is -1.78. The predicted molar refractivity (Wildman–Crippen MR) is 118 cm³/mol. The second-order valence-electron chi connectivity index (χ2n) is 6.40. The van der Waals surface area contributed by atoms with Crippen LogP contribution < -0.4 is 4.72 Å². The molecule has 2 aromatic carbocycles. The van der Waals surface area contributed by atoms with E-state index in [1.807, 2.05) is 18.2 Å². The molecule has 4 nitrogen and oxygen atoms in total. The van der Waals surface area contributed by atoms with Crippen LogP contribution in [0, 0.1) is 12.3 Å². The Labute approximate surface area is 178 Å².